The van der Waals surface area contributed by atoms with E-state index in [1.54, 1.807) is 0 Å². The molecule has 0 spiro atoms. The van der Waals surface area contributed by atoms with Crippen LogP contribution in [0.15, 0.2) is 21.6 Å². The Morgan fingerprint density at radius 2 is 1.00 bits per heavy atom. The first-order valence-electron chi connectivity index (χ1n) is 1.94. The van der Waals surface area contributed by atoms with Crippen LogP contribution < -0.4 is 0 Å². The summed E-state index contributed by atoms with van der Waals surface area (Å²) in [4.78, 5) is 0. The molecule has 2 nitrogen and oxygen atoms in total. The molecule has 0 bridgehead atoms. The van der Waals surface area contributed by atoms with Crippen LogP contribution in [0.2, 0.25) is 0 Å². The van der Waals surface area contributed by atoms with E-state index >= 15 is 0 Å². The maximum absolute atomic E-state index is 10.4. The summed E-state index contributed by atoms with van der Waals surface area (Å²) in [5.74, 6) is 0. The first kappa shape index (κ1) is 6.22. The van der Waals surface area contributed by atoms with Crippen molar-refractivity contribution in [2.75, 3.05) is 0 Å². The molecule has 0 aromatic rings. The summed E-state index contributed by atoms with van der Waals surface area (Å²) in [5, 5.41) is 5.65. The molecule has 0 aromatic heterocycles. The molecule has 0 aromatic carbocycles. The van der Waals surface area contributed by atoms with Gasteiger partial charge in [0.1, 0.15) is 0 Å². The Balaban J connectivity index is 2.54. The van der Waals surface area contributed by atoms with Gasteiger partial charge < -0.3 is 9.11 Å². The van der Waals surface area contributed by atoms with Crippen LogP contribution in [0.25, 0.3) is 0 Å². The van der Waals surface area contributed by atoms with E-state index in [2.05, 4.69) is 0 Å². The highest BCUT2D eigenvalue weighted by molar-refractivity contribution is 8.03. The molecule has 1 heterocycles. The summed E-state index contributed by atoms with van der Waals surface area (Å²) < 4.78 is 20.8. The predicted octanol–water partition coefficient (Wildman–Crippen LogP) is 0.440. The lowest BCUT2D eigenvalue weighted by Gasteiger charge is -2.03. The molecular formula is C4H4O2S2. The van der Waals surface area contributed by atoms with Gasteiger partial charge in [-0.3, -0.25) is 0 Å². The zero-order chi connectivity index (χ0) is 5.98. The third-order valence-electron chi connectivity index (χ3n) is 0.648. The number of rotatable bonds is 0. The number of hydrogen-bond donors (Lipinski definition) is 0. The van der Waals surface area contributed by atoms with Crippen molar-refractivity contribution in [1.29, 1.82) is 0 Å². The van der Waals surface area contributed by atoms with Crippen LogP contribution in [-0.2, 0) is 22.4 Å². The van der Waals surface area contributed by atoms with Gasteiger partial charge >= 0.3 is 0 Å². The lowest BCUT2D eigenvalue weighted by molar-refractivity contribution is 0.606. The molecular weight excluding hydrogens is 144 g/mol. The topological polar surface area (TPSA) is 46.1 Å². The van der Waals surface area contributed by atoms with E-state index in [0.29, 0.717) is 0 Å². The second-order valence-corrected chi connectivity index (χ2v) is 3.60. The van der Waals surface area contributed by atoms with Gasteiger partial charge in [0.05, 0.1) is 0 Å². The Bertz CT molecular complexity index is 104. The average Bonchev–Trinajstić information content (AvgIpc) is 1.77. The van der Waals surface area contributed by atoms with Gasteiger partial charge in [0, 0.05) is 22.4 Å². The molecule has 0 saturated carbocycles. The van der Waals surface area contributed by atoms with E-state index in [1.807, 2.05) is 0 Å². The van der Waals surface area contributed by atoms with Crippen LogP contribution >= 0.6 is 0 Å². The van der Waals surface area contributed by atoms with Crippen molar-refractivity contribution in [2.45, 2.75) is 0 Å². The third-order valence-corrected chi connectivity index (χ3v) is 2.61. The Hall–Kier alpha value is 0.100. The van der Waals surface area contributed by atoms with Gasteiger partial charge in [0.15, 0.2) is 21.6 Å². The minimum atomic E-state index is -1.02. The Morgan fingerprint density at radius 3 is 1.25 bits per heavy atom. The molecule has 0 atom stereocenters. The summed E-state index contributed by atoms with van der Waals surface area (Å²) in [6.45, 7) is 0. The predicted molar refractivity (Wildman–Crippen MR) is 34.6 cm³/mol. The van der Waals surface area contributed by atoms with E-state index in [1.165, 1.54) is 21.6 Å². The largest absolute Gasteiger partial charge is 0.607 e. The summed E-state index contributed by atoms with van der Waals surface area (Å²) in [6.07, 6.45) is 0. The molecule has 1 aliphatic heterocycles. The SMILES string of the molecule is [O-][S+]1C=C[S+]([O-])C=C1. The highest BCUT2D eigenvalue weighted by atomic mass is 32.2. The fourth-order valence-corrected chi connectivity index (χ4v) is 2.24. The van der Waals surface area contributed by atoms with Crippen molar-refractivity contribution in [3.63, 3.8) is 0 Å². The van der Waals surface area contributed by atoms with Gasteiger partial charge in [-0.05, 0) is 0 Å². The normalized spacial score (nSPS) is 35.8. The van der Waals surface area contributed by atoms with Crippen molar-refractivity contribution in [2.24, 2.45) is 0 Å². The quantitative estimate of drug-likeness (QED) is 0.468. The molecule has 4 heteroatoms. The van der Waals surface area contributed by atoms with Crippen molar-refractivity contribution in [3.05, 3.63) is 21.6 Å². The van der Waals surface area contributed by atoms with Crippen LogP contribution in [0.4, 0.5) is 0 Å². The summed E-state index contributed by atoms with van der Waals surface area (Å²) in [7, 11) is 0. The second-order valence-electron chi connectivity index (χ2n) is 1.20. The molecule has 0 radical (unpaired) electrons. The standard InChI is InChI=1S/C4H4O2S2/c5-7-1-2-8(6)4-3-7/h1-4H. The maximum atomic E-state index is 10.4. The van der Waals surface area contributed by atoms with E-state index < -0.39 is 22.4 Å². The van der Waals surface area contributed by atoms with Gasteiger partial charge in [-0.1, -0.05) is 0 Å². The van der Waals surface area contributed by atoms with E-state index in [0.717, 1.165) is 0 Å². The first-order chi connectivity index (χ1) is 3.79. The molecule has 44 valence electrons. The van der Waals surface area contributed by atoms with E-state index in [9.17, 15) is 9.11 Å². The lowest BCUT2D eigenvalue weighted by atomic mass is 11.2. The Labute approximate surface area is 53.6 Å². The smallest absolute Gasteiger partial charge is 0.170 e. The fourth-order valence-electron chi connectivity index (χ4n) is 0.310. The molecule has 1 rings (SSSR count). The van der Waals surface area contributed by atoms with Crippen molar-refractivity contribution >= 4 is 22.4 Å². The van der Waals surface area contributed by atoms with Gasteiger partial charge in [0.25, 0.3) is 0 Å². The first-order valence-corrected chi connectivity index (χ1v) is 4.50. The van der Waals surface area contributed by atoms with Crippen LogP contribution in [-0.4, -0.2) is 9.11 Å². The summed E-state index contributed by atoms with van der Waals surface area (Å²) in [6, 6.07) is 0. The van der Waals surface area contributed by atoms with E-state index in [4.69, 9.17) is 0 Å². The van der Waals surface area contributed by atoms with Crippen molar-refractivity contribution in [3.8, 4) is 0 Å². The van der Waals surface area contributed by atoms with E-state index in [-0.39, 0.29) is 0 Å². The van der Waals surface area contributed by atoms with Gasteiger partial charge in [-0.15, -0.1) is 0 Å². The number of hydrogen-bond acceptors (Lipinski definition) is 2. The minimum Gasteiger partial charge on any atom is -0.607 e. The molecule has 0 aliphatic carbocycles. The zero-order valence-corrected chi connectivity index (χ0v) is 5.58. The summed E-state index contributed by atoms with van der Waals surface area (Å²) in [5.41, 5.74) is 0. The highest BCUT2D eigenvalue weighted by Crippen LogP contribution is 2.07. The second kappa shape index (κ2) is 2.59. The Kier molecular flexibility index (Phi) is 2.01. The Morgan fingerprint density at radius 1 is 0.750 bits per heavy atom. The van der Waals surface area contributed by atoms with Gasteiger partial charge in [0.2, 0.25) is 0 Å². The zero-order valence-electron chi connectivity index (χ0n) is 3.94. The van der Waals surface area contributed by atoms with Crippen LogP contribution in [0, 0.1) is 0 Å². The lowest BCUT2D eigenvalue weighted by Crippen LogP contribution is -1.99. The molecule has 0 unspecified atom stereocenters. The monoisotopic (exact) mass is 148 g/mol. The van der Waals surface area contributed by atoms with Gasteiger partial charge in [-0.25, -0.2) is 0 Å². The summed E-state index contributed by atoms with van der Waals surface area (Å²) >= 11 is -2.03. The van der Waals surface area contributed by atoms with Crippen molar-refractivity contribution < 1.29 is 9.11 Å². The molecule has 0 N–H and O–H groups in total. The van der Waals surface area contributed by atoms with Crippen LogP contribution in [0.3, 0.4) is 0 Å². The highest BCUT2D eigenvalue weighted by Gasteiger charge is 2.07. The minimum absolute atomic E-state index is 1.02. The molecule has 8 heavy (non-hydrogen) atoms. The molecule has 0 amide bonds. The maximum Gasteiger partial charge on any atom is 0.170 e. The average molecular weight is 148 g/mol. The molecule has 0 fully saturated rings. The third kappa shape index (κ3) is 1.56. The molecule has 0 saturated heterocycles. The van der Waals surface area contributed by atoms with Crippen LogP contribution in [0.5, 0.6) is 0 Å². The van der Waals surface area contributed by atoms with Crippen LogP contribution in [0.1, 0.15) is 0 Å². The molecule has 1 aliphatic rings. The van der Waals surface area contributed by atoms with Crippen molar-refractivity contribution in [1.82, 2.24) is 0 Å². The van der Waals surface area contributed by atoms with Gasteiger partial charge in [-0.2, -0.15) is 0 Å². The fraction of sp³-hybridized carbons (Fsp3) is 0.